The summed E-state index contributed by atoms with van der Waals surface area (Å²) >= 11 is 8.09. The van der Waals surface area contributed by atoms with Crippen LogP contribution in [0.5, 0.6) is 0 Å². The monoisotopic (exact) mass is 518 g/mol. The van der Waals surface area contributed by atoms with E-state index in [1.807, 2.05) is 26.0 Å². The predicted molar refractivity (Wildman–Crippen MR) is 137 cm³/mol. The maximum Gasteiger partial charge on any atom is 0.311 e. The Labute approximate surface area is 215 Å². The minimum Gasteiger partial charge on any atom is -0.461 e. The second kappa shape index (κ2) is 9.64. The Balaban J connectivity index is 1.81. The van der Waals surface area contributed by atoms with E-state index in [9.17, 15) is 19.5 Å². The molecule has 3 aliphatic heterocycles. The maximum absolute atomic E-state index is 14.4. The molecule has 1 aromatic carbocycles. The molecule has 2 amide bonds. The number of thioether (sulfide) groups is 1. The minimum atomic E-state index is -0.855. The number of amides is 2. The van der Waals surface area contributed by atoms with Crippen molar-refractivity contribution >= 4 is 46.8 Å². The van der Waals surface area contributed by atoms with Gasteiger partial charge in [0.2, 0.25) is 5.91 Å². The van der Waals surface area contributed by atoms with Crippen molar-refractivity contribution in [2.75, 3.05) is 31.2 Å². The van der Waals surface area contributed by atoms with Crippen molar-refractivity contribution in [2.45, 2.75) is 42.2 Å². The molecule has 4 rings (SSSR count). The molecule has 0 aromatic heterocycles. The molecule has 35 heavy (non-hydrogen) atoms. The number of carbonyl (C=O) groups is 3. The first-order chi connectivity index (χ1) is 16.7. The van der Waals surface area contributed by atoms with Gasteiger partial charge in [-0.15, -0.1) is 18.3 Å². The van der Waals surface area contributed by atoms with Crippen molar-refractivity contribution in [3.05, 3.63) is 54.1 Å². The van der Waals surface area contributed by atoms with Gasteiger partial charge in [0, 0.05) is 17.8 Å². The molecule has 3 fully saturated rings. The van der Waals surface area contributed by atoms with Crippen molar-refractivity contribution in [1.82, 2.24) is 4.90 Å². The third-order valence-corrected chi connectivity index (χ3v) is 9.78. The largest absolute Gasteiger partial charge is 0.461 e. The standard InChI is InChI=1S/C26H31ClN2O5S/c1-5-12-28(20-16(3)8-7-9-17(20)27)23(32)21-26-11-10-25(4,35-26)19(24(33)34-15-6-2)18(26)22(31)29(21)13-14-30/h5-9,18-19,21,30H,1-2,10-15H2,3-4H3/t18-,19-,21?,25+,26?/m0/s1. The van der Waals surface area contributed by atoms with E-state index in [-0.39, 0.29) is 38.1 Å². The maximum atomic E-state index is 14.4. The Bertz CT molecular complexity index is 1060. The molecule has 2 unspecified atom stereocenters. The van der Waals surface area contributed by atoms with Crippen LogP contribution in [-0.4, -0.2) is 69.6 Å². The number of hydrogen-bond acceptors (Lipinski definition) is 6. The number of hydrogen-bond donors (Lipinski definition) is 1. The fourth-order valence-electron chi connectivity index (χ4n) is 6.17. The highest BCUT2D eigenvalue weighted by Crippen LogP contribution is 2.71. The molecular formula is C26H31ClN2O5S. The average Bonchev–Trinajstić information content (AvgIpc) is 3.38. The molecule has 0 saturated carbocycles. The number of esters is 1. The first-order valence-corrected chi connectivity index (χ1v) is 12.9. The van der Waals surface area contributed by atoms with Crippen LogP contribution >= 0.6 is 23.4 Å². The molecule has 5 atom stereocenters. The van der Waals surface area contributed by atoms with Crippen molar-refractivity contribution in [1.29, 1.82) is 0 Å². The highest BCUT2D eigenvalue weighted by atomic mass is 35.5. The van der Waals surface area contributed by atoms with Gasteiger partial charge in [-0.2, -0.15) is 0 Å². The fourth-order valence-corrected chi connectivity index (χ4v) is 8.84. The zero-order chi connectivity index (χ0) is 25.5. The molecule has 3 saturated heterocycles. The van der Waals surface area contributed by atoms with Gasteiger partial charge in [0.05, 0.1) is 33.9 Å². The molecule has 2 bridgehead atoms. The van der Waals surface area contributed by atoms with Gasteiger partial charge in [0.1, 0.15) is 12.6 Å². The molecule has 3 aliphatic rings. The lowest BCUT2D eigenvalue weighted by atomic mass is 9.66. The number of anilines is 1. The number of ether oxygens (including phenoxy) is 1. The first kappa shape index (κ1) is 25.8. The zero-order valence-electron chi connectivity index (χ0n) is 20.0. The van der Waals surface area contributed by atoms with E-state index < -0.39 is 33.3 Å². The van der Waals surface area contributed by atoms with Crippen LogP contribution in [-0.2, 0) is 19.1 Å². The minimum absolute atomic E-state index is 0.00260. The van der Waals surface area contributed by atoms with Crippen LogP contribution < -0.4 is 4.90 Å². The normalized spacial score (nSPS) is 30.8. The summed E-state index contributed by atoms with van der Waals surface area (Å²) in [4.78, 5) is 44.3. The summed E-state index contributed by atoms with van der Waals surface area (Å²) in [6.45, 7) is 11.3. The van der Waals surface area contributed by atoms with Crippen LogP contribution in [0.15, 0.2) is 43.5 Å². The van der Waals surface area contributed by atoms with Crippen molar-refractivity contribution in [3.63, 3.8) is 0 Å². The summed E-state index contributed by atoms with van der Waals surface area (Å²) in [6.07, 6.45) is 4.41. The van der Waals surface area contributed by atoms with Gasteiger partial charge >= 0.3 is 5.97 Å². The first-order valence-electron chi connectivity index (χ1n) is 11.7. The molecule has 1 N–H and O–H groups in total. The van der Waals surface area contributed by atoms with Gasteiger partial charge in [-0.25, -0.2) is 0 Å². The number of benzene rings is 1. The number of halogens is 1. The molecule has 3 heterocycles. The lowest BCUT2D eigenvalue weighted by Gasteiger charge is -2.37. The van der Waals surface area contributed by atoms with E-state index in [0.29, 0.717) is 23.6 Å². The van der Waals surface area contributed by atoms with E-state index in [0.717, 1.165) is 5.56 Å². The number of aliphatic hydroxyl groups excluding tert-OH is 1. The van der Waals surface area contributed by atoms with E-state index in [4.69, 9.17) is 16.3 Å². The van der Waals surface area contributed by atoms with Gasteiger partial charge in [-0.05, 0) is 38.3 Å². The Morgan fingerprint density at radius 3 is 2.71 bits per heavy atom. The highest BCUT2D eigenvalue weighted by molar-refractivity contribution is 8.02. The van der Waals surface area contributed by atoms with Gasteiger partial charge in [0.25, 0.3) is 5.91 Å². The molecule has 7 nitrogen and oxygen atoms in total. The van der Waals surface area contributed by atoms with Gasteiger partial charge < -0.3 is 19.6 Å². The Morgan fingerprint density at radius 1 is 1.34 bits per heavy atom. The lowest BCUT2D eigenvalue weighted by molar-refractivity contribution is -0.154. The van der Waals surface area contributed by atoms with Crippen molar-refractivity contribution in [3.8, 4) is 0 Å². The number of rotatable bonds is 9. The fraction of sp³-hybridized carbons (Fsp3) is 0.500. The number of aryl methyl sites for hydroxylation is 1. The number of aliphatic hydroxyl groups is 1. The molecule has 188 valence electrons. The van der Waals surface area contributed by atoms with Crippen molar-refractivity contribution in [2.24, 2.45) is 11.8 Å². The second-order valence-electron chi connectivity index (χ2n) is 9.54. The zero-order valence-corrected chi connectivity index (χ0v) is 21.6. The highest BCUT2D eigenvalue weighted by Gasteiger charge is 2.77. The lowest BCUT2D eigenvalue weighted by Crippen LogP contribution is -2.55. The molecule has 0 radical (unpaired) electrons. The topological polar surface area (TPSA) is 87.1 Å². The SMILES string of the molecule is C=CCOC(=O)[C@@H]1[C@H]2C(=O)N(CCO)C(C(=O)N(CC=C)c3c(C)cccc3Cl)C23CC[C@@]1(C)S3. The number of carbonyl (C=O) groups excluding carboxylic acids is 3. The second-order valence-corrected chi connectivity index (χ2v) is 11.8. The third kappa shape index (κ3) is 3.90. The smallest absolute Gasteiger partial charge is 0.311 e. The Hall–Kier alpha value is -2.29. The molecule has 0 aliphatic carbocycles. The van der Waals surface area contributed by atoms with Crippen LogP contribution in [0.25, 0.3) is 0 Å². The predicted octanol–water partition coefficient (Wildman–Crippen LogP) is 3.37. The number of nitrogens with zero attached hydrogens (tertiary/aromatic N) is 2. The summed E-state index contributed by atoms with van der Waals surface area (Å²) in [5.74, 6) is -2.41. The van der Waals surface area contributed by atoms with E-state index in [1.165, 1.54) is 11.0 Å². The van der Waals surface area contributed by atoms with Gasteiger partial charge in [-0.1, -0.05) is 42.5 Å². The third-order valence-electron chi connectivity index (χ3n) is 7.48. The summed E-state index contributed by atoms with van der Waals surface area (Å²) in [5.41, 5.74) is 1.39. The van der Waals surface area contributed by atoms with Crippen LogP contribution in [0, 0.1) is 18.8 Å². The van der Waals surface area contributed by atoms with E-state index >= 15 is 0 Å². The van der Waals surface area contributed by atoms with Crippen LogP contribution in [0.2, 0.25) is 5.02 Å². The quantitative estimate of drug-likeness (QED) is 0.398. The molecule has 9 heteroatoms. The van der Waals surface area contributed by atoms with Crippen molar-refractivity contribution < 1.29 is 24.2 Å². The Kier molecular flexibility index (Phi) is 7.10. The number of β-amino-alcohol motifs (C(OH)–C–C–N with tert-alkyl or cyclic N) is 1. The number of likely N-dealkylation sites (tertiary alicyclic amines) is 1. The van der Waals surface area contributed by atoms with E-state index in [1.54, 1.807) is 28.8 Å². The molecular weight excluding hydrogens is 488 g/mol. The van der Waals surface area contributed by atoms with Gasteiger partial charge in [-0.3, -0.25) is 14.4 Å². The summed E-state index contributed by atoms with van der Waals surface area (Å²) < 4.78 is 4.08. The average molecular weight is 519 g/mol. The van der Waals surface area contributed by atoms with Gasteiger partial charge in [0.15, 0.2) is 0 Å². The number of fused-ring (bicyclic) bond motifs is 1. The van der Waals surface area contributed by atoms with E-state index in [2.05, 4.69) is 13.2 Å². The summed E-state index contributed by atoms with van der Waals surface area (Å²) in [7, 11) is 0. The Morgan fingerprint density at radius 2 is 2.09 bits per heavy atom. The van der Waals surface area contributed by atoms with Crippen LogP contribution in [0.3, 0.4) is 0 Å². The molecule has 1 spiro atoms. The molecule has 1 aromatic rings. The number of para-hydroxylation sites is 1. The van der Waals surface area contributed by atoms with Crippen LogP contribution in [0.1, 0.15) is 25.3 Å². The van der Waals surface area contributed by atoms with Crippen LogP contribution in [0.4, 0.5) is 5.69 Å². The summed E-state index contributed by atoms with van der Waals surface area (Å²) in [5, 5.41) is 10.2. The summed E-state index contributed by atoms with van der Waals surface area (Å²) in [6, 6.07) is 4.56.